The SMILES string of the molecule is CC(c1ccccc1)N(Cc1ccccc1)c1nc(Cl)nc(NC(Cc2ccc(OC(=O)N(C)C)cc2)C(=O)O)n1. The summed E-state index contributed by atoms with van der Waals surface area (Å²) < 4.78 is 5.23. The first-order chi connectivity index (χ1) is 19.7. The van der Waals surface area contributed by atoms with Gasteiger partial charge in [0.05, 0.1) is 6.04 Å². The van der Waals surface area contributed by atoms with Gasteiger partial charge in [0, 0.05) is 27.1 Å². The summed E-state index contributed by atoms with van der Waals surface area (Å²) in [5.74, 6) is -0.386. The Kier molecular flexibility index (Phi) is 9.70. The lowest BCUT2D eigenvalue weighted by Gasteiger charge is -2.30. The number of amides is 1. The minimum absolute atomic E-state index is 0.0438. The minimum atomic E-state index is -1.09. The number of hydrogen-bond acceptors (Lipinski definition) is 8. The highest BCUT2D eigenvalue weighted by atomic mass is 35.5. The molecule has 0 saturated carbocycles. The number of nitrogens with one attached hydrogen (secondary N) is 1. The standard InChI is InChI=1S/C30H31ClN6O4/c1-20(23-12-8-5-9-13-23)37(19-22-10-6-4-7-11-22)29-34-27(31)33-28(35-29)32-25(26(38)39)18-21-14-16-24(17-15-21)41-30(40)36(2)3/h4-17,20,25H,18-19H2,1-3H3,(H,38,39)(H,32,33,34,35). The van der Waals surface area contributed by atoms with Crippen molar-refractivity contribution in [3.63, 3.8) is 0 Å². The van der Waals surface area contributed by atoms with E-state index in [-0.39, 0.29) is 23.7 Å². The lowest BCUT2D eigenvalue weighted by atomic mass is 10.1. The van der Waals surface area contributed by atoms with Gasteiger partial charge in [-0.3, -0.25) is 0 Å². The fraction of sp³-hybridized carbons (Fsp3) is 0.233. The van der Waals surface area contributed by atoms with Crippen LogP contribution in [0.15, 0.2) is 84.9 Å². The van der Waals surface area contributed by atoms with E-state index in [4.69, 9.17) is 16.3 Å². The van der Waals surface area contributed by atoms with Crippen LogP contribution < -0.4 is 15.0 Å². The molecule has 0 aliphatic rings. The lowest BCUT2D eigenvalue weighted by molar-refractivity contribution is -0.137. The van der Waals surface area contributed by atoms with Crippen LogP contribution in [-0.2, 0) is 17.8 Å². The molecule has 3 aromatic carbocycles. The van der Waals surface area contributed by atoms with Crippen molar-refractivity contribution in [3.05, 3.63) is 107 Å². The molecule has 0 aliphatic carbocycles. The number of ether oxygens (including phenoxy) is 1. The molecule has 0 radical (unpaired) electrons. The van der Waals surface area contributed by atoms with Crippen LogP contribution in [0.25, 0.3) is 0 Å². The van der Waals surface area contributed by atoms with Crippen molar-refractivity contribution in [3.8, 4) is 5.75 Å². The molecule has 0 spiro atoms. The van der Waals surface area contributed by atoms with Crippen molar-refractivity contribution in [2.75, 3.05) is 24.3 Å². The number of halogens is 1. The average Bonchev–Trinajstić information content (AvgIpc) is 2.96. The summed E-state index contributed by atoms with van der Waals surface area (Å²) in [4.78, 5) is 40.4. The summed E-state index contributed by atoms with van der Waals surface area (Å²) in [6.45, 7) is 2.53. The van der Waals surface area contributed by atoms with Gasteiger partial charge in [-0.05, 0) is 47.3 Å². The Balaban J connectivity index is 1.57. The molecular weight excluding hydrogens is 544 g/mol. The van der Waals surface area contributed by atoms with Crippen LogP contribution in [0.5, 0.6) is 5.75 Å². The molecule has 1 heterocycles. The molecule has 1 aromatic heterocycles. The van der Waals surface area contributed by atoms with Crippen LogP contribution in [0.4, 0.5) is 16.7 Å². The largest absolute Gasteiger partial charge is 0.480 e. The predicted molar refractivity (Wildman–Crippen MR) is 157 cm³/mol. The fourth-order valence-electron chi connectivity index (χ4n) is 4.08. The molecule has 4 aromatic rings. The number of aromatic nitrogens is 3. The molecular formula is C30H31ClN6O4. The minimum Gasteiger partial charge on any atom is -0.480 e. The number of carbonyl (C=O) groups is 2. The molecule has 41 heavy (non-hydrogen) atoms. The summed E-state index contributed by atoms with van der Waals surface area (Å²) in [5.41, 5.74) is 2.81. The molecule has 0 fully saturated rings. The van der Waals surface area contributed by atoms with E-state index in [1.54, 1.807) is 38.4 Å². The zero-order valence-electron chi connectivity index (χ0n) is 22.9. The maximum Gasteiger partial charge on any atom is 0.414 e. The number of hydrogen-bond donors (Lipinski definition) is 2. The summed E-state index contributed by atoms with van der Waals surface area (Å²) in [5, 5.41) is 12.8. The van der Waals surface area contributed by atoms with Crippen LogP contribution in [-0.4, -0.2) is 57.2 Å². The molecule has 212 valence electrons. The molecule has 11 heteroatoms. The Labute approximate surface area is 243 Å². The van der Waals surface area contributed by atoms with E-state index < -0.39 is 18.1 Å². The van der Waals surface area contributed by atoms with Gasteiger partial charge in [-0.1, -0.05) is 72.8 Å². The van der Waals surface area contributed by atoms with Crippen molar-refractivity contribution in [2.45, 2.75) is 32.0 Å². The first-order valence-electron chi connectivity index (χ1n) is 12.9. The molecule has 1 amide bonds. The predicted octanol–water partition coefficient (Wildman–Crippen LogP) is 5.46. The van der Waals surface area contributed by atoms with Gasteiger partial charge >= 0.3 is 12.1 Å². The second-order valence-electron chi connectivity index (χ2n) is 9.57. The van der Waals surface area contributed by atoms with Gasteiger partial charge in [-0.25, -0.2) is 9.59 Å². The van der Waals surface area contributed by atoms with Gasteiger partial charge in [0.25, 0.3) is 0 Å². The van der Waals surface area contributed by atoms with Gasteiger partial charge in [0.1, 0.15) is 11.8 Å². The number of carboxylic acid groups (broad SMARTS) is 1. The normalized spacial score (nSPS) is 12.2. The Morgan fingerprint density at radius 2 is 1.54 bits per heavy atom. The zero-order chi connectivity index (χ0) is 29.4. The van der Waals surface area contributed by atoms with Crippen LogP contribution in [0.1, 0.15) is 29.7 Å². The van der Waals surface area contributed by atoms with Gasteiger partial charge in [0.15, 0.2) is 0 Å². The maximum atomic E-state index is 12.2. The van der Waals surface area contributed by atoms with E-state index in [1.807, 2.05) is 72.5 Å². The monoisotopic (exact) mass is 574 g/mol. The quantitative estimate of drug-likeness (QED) is 0.240. The number of rotatable bonds is 11. The van der Waals surface area contributed by atoms with Crippen LogP contribution >= 0.6 is 11.6 Å². The Morgan fingerprint density at radius 1 is 0.902 bits per heavy atom. The molecule has 0 saturated heterocycles. The lowest BCUT2D eigenvalue weighted by Crippen LogP contribution is -2.33. The van der Waals surface area contributed by atoms with Gasteiger partial charge in [-0.2, -0.15) is 15.0 Å². The smallest absolute Gasteiger partial charge is 0.414 e. The first kappa shape index (κ1) is 29.3. The average molecular weight is 575 g/mol. The molecule has 2 N–H and O–H groups in total. The third-order valence-corrected chi connectivity index (χ3v) is 6.50. The molecule has 2 unspecified atom stereocenters. The third-order valence-electron chi connectivity index (χ3n) is 6.33. The highest BCUT2D eigenvalue weighted by Gasteiger charge is 2.24. The van der Waals surface area contributed by atoms with E-state index >= 15 is 0 Å². The summed E-state index contributed by atoms with van der Waals surface area (Å²) in [6, 6.07) is 25.3. The maximum absolute atomic E-state index is 12.2. The Bertz CT molecular complexity index is 1460. The number of benzene rings is 3. The number of nitrogens with zero attached hydrogens (tertiary/aromatic N) is 5. The van der Waals surface area contributed by atoms with Crippen molar-refractivity contribution in [2.24, 2.45) is 0 Å². The van der Waals surface area contributed by atoms with Gasteiger partial charge in [0.2, 0.25) is 17.2 Å². The Hall–Kier alpha value is -4.70. The molecule has 2 atom stereocenters. The van der Waals surface area contributed by atoms with Gasteiger partial charge in [-0.15, -0.1) is 0 Å². The van der Waals surface area contributed by atoms with Crippen LogP contribution in [0.3, 0.4) is 0 Å². The van der Waals surface area contributed by atoms with Gasteiger partial charge < -0.3 is 25.0 Å². The molecule has 4 rings (SSSR count). The fourth-order valence-corrected chi connectivity index (χ4v) is 4.24. The van der Waals surface area contributed by atoms with Crippen molar-refractivity contribution < 1.29 is 19.4 Å². The van der Waals surface area contributed by atoms with Crippen LogP contribution in [0.2, 0.25) is 5.28 Å². The summed E-state index contributed by atoms with van der Waals surface area (Å²) in [6.07, 6.45) is -0.391. The zero-order valence-corrected chi connectivity index (χ0v) is 23.7. The van der Waals surface area contributed by atoms with Crippen molar-refractivity contribution >= 4 is 35.6 Å². The van der Waals surface area contributed by atoms with Crippen molar-refractivity contribution in [1.29, 1.82) is 0 Å². The molecule has 10 nitrogen and oxygen atoms in total. The van der Waals surface area contributed by atoms with Crippen molar-refractivity contribution in [1.82, 2.24) is 19.9 Å². The number of carboxylic acids is 1. The second kappa shape index (κ2) is 13.6. The van der Waals surface area contributed by atoms with E-state index in [9.17, 15) is 14.7 Å². The van der Waals surface area contributed by atoms with Crippen LogP contribution in [0, 0.1) is 0 Å². The molecule has 0 aliphatic heterocycles. The number of anilines is 2. The van der Waals surface area contributed by atoms with E-state index in [0.29, 0.717) is 23.8 Å². The third kappa shape index (κ3) is 8.15. The second-order valence-corrected chi connectivity index (χ2v) is 9.91. The number of carbonyl (C=O) groups excluding carboxylic acids is 1. The topological polar surface area (TPSA) is 121 Å². The first-order valence-corrected chi connectivity index (χ1v) is 13.3. The highest BCUT2D eigenvalue weighted by Crippen LogP contribution is 2.28. The highest BCUT2D eigenvalue weighted by molar-refractivity contribution is 6.28. The Morgan fingerprint density at radius 3 is 2.15 bits per heavy atom. The number of aliphatic carboxylic acids is 1. The summed E-state index contributed by atoms with van der Waals surface area (Å²) >= 11 is 6.33. The van der Waals surface area contributed by atoms with E-state index in [2.05, 4.69) is 20.3 Å². The van der Waals surface area contributed by atoms with E-state index in [0.717, 1.165) is 11.1 Å². The van der Waals surface area contributed by atoms with E-state index in [1.165, 1.54) is 4.90 Å². The molecule has 0 bridgehead atoms. The summed E-state index contributed by atoms with van der Waals surface area (Å²) in [7, 11) is 3.17.